The Morgan fingerprint density at radius 3 is 3.36 bits per heavy atom. The molecule has 0 amide bonds. The quantitative estimate of drug-likeness (QED) is 0.416. The molecule has 0 radical (unpaired) electrons. The van der Waals surface area contributed by atoms with Gasteiger partial charge in [0.1, 0.15) is 5.16 Å². The molecule has 0 aromatic carbocycles. The minimum atomic E-state index is 0.566. The molecule has 0 aromatic heterocycles. The molecule has 1 heterocycles. The number of hydrogen-bond donors (Lipinski definition) is 1. The lowest BCUT2D eigenvalue weighted by molar-refractivity contribution is 0.425. The minimum Gasteiger partial charge on any atom is -0.261 e. The van der Waals surface area contributed by atoms with E-state index in [9.17, 15) is 0 Å². The Hall–Kier alpha value is -0.610. The van der Waals surface area contributed by atoms with Gasteiger partial charge in [0.25, 0.3) is 0 Å². The number of halogens is 1. The normalized spacial score (nSPS) is 15.7. The van der Waals surface area contributed by atoms with E-state index >= 15 is 0 Å². The van der Waals surface area contributed by atoms with E-state index in [2.05, 4.69) is 17.1 Å². The maximum Gasteiger partial charge on any atom is 0.124 e. The topological polar surface area (TPSA) is 27.6 Å². The molecule has 5 heteroatoms. The Balaban J connectivity index is 2.33. The van der Waals surface area contributed by atoms with Crippen LogP contribution < -0.4 is 5.43 Å². The van der Waals surface area contributed by atoms with Gasteiger partial charge < -0.3 is 0 Å². The van der Waals surface area contributed by atoms with Gasteiger partial charge in [-0.25, -0.2) is 0 Å². The number of allylic oxidation sites excluding steroid dienone is 1. The largest absolute Gasteiger partial charge is 0.261 e. The lowest BCUT2D eigenvalue weighted by Gasteiger charge is -2.19. The van der Waals surface area contributed by atoms with Crippen LogP contribution in [-0.4, -0.2) is 16.5 Å². The third-order valence-electron chi connectivity index (χ3n) is 0.910. The smallest absolute Gasteiger partial charge is 0.124 e. The number of rotatable bonds is 3. The molecule has 0 fully saturated rings. The summed E-state index contributed by atoms with van der Waals surface area (Å²) in [6.45, 7) is 3.59. The van der Waals surface area contributed by atoms with Gasteiger partial charge in [0.2, 0.25) is 0 Å². The summed E-state index contributed by atoms with van der Waals surface area (Å²) in [5, 5.41) is 4.54. The van der Waals surface area contributed by atoms with Crippen LogP contribution in [0.3, 0.4) is 0 Å². The highest BCUT2D eigenvalue weighted by molar-refractivity contribution is 7.97. The van der Waals surface area contributed by atoms with Gasteiger partial charge in [-0.3, -0.25) is 5.43 Å². The van der Waals surface area contributed by atoms with Gasteiger partial charge in [0.05, 0.1) is 6.21 Å². The summed E-state index contributed by atoms with van der Waals surface area (Å²) in [6, 6.07) is 0. The van der Waals surface area contributed by atoms with Gasteiger partial charge in [-0.1, -0.05) is 17.7 Å². The Labute approximate surface area is 74.9 Å². The van der Waals surface area contributed by atoms with Crippen molar-refractivity contribution in [1.82, 2.24) is 9.95 Å². The Morgan fingerprint density at radius 1 is 1.91 bits per heavy atom. The van der Waals surface area contributed by atoms with Crippen molar-refractivity contribution in [3.05, 3.63) is 23.9 Å². The minimum absolute atomic E-state index is 0.566. The predicted octanol–water partition coefficient (Wildman–Crippen LogP) is 1.71. The summed E-state index contributed by atoms with van der Waals surface area (Å²) in [5.74, 6) is 0.800. The molecule has 60 valence electrons. The maximum atomic E-state index is 5.67. The second-order valence-electron chi connectivity index (χ2n) is 1.75. The molecule has 0 unspecified atom stereocenters. The second kappa shape index (κ2) is 4.31. The third kappa shape index (κ3) is 2.86. The number of hydrogen-bond acceptors (Lipinski definition) is 4. The molecule has 1 rings (SSSR count). The van der Waals surface area contributed by atoms with E-state index in [4.69, 9.17) is 11.6 Å². The number of nitrogens with zero attached hydrogens (tertiary/aromatic N) is 2. The summed E-state index contributed by atoms with van der Waals surface area (Å²) in [6.07, 6.45) is 5.12. The predicted molar refractivity (Wildman–Crippen MR) is 50.1 cm³/mol. The lowest BCUT2D eigenvalue weighted by Crippen LogP contribution is -2.27. The van der Waals surface area contributed by atoms with Crippen LogP contribution in [0.15, 0.2) is 29.0 Å². The van der Waals surface area contributed by atoms with Crippen molar-refractivity contribution in [2.75, 3.05) is 5.75 Å². The lowest BCUT2D eigenvalue weighted by atomic mass is 10.6. The van der Waals surface area contributed by atoms with Crippen molar-refractivity contribution in [3.8, 4) is 0 Å². The zero-order chi connectivity index (χ0) is 8.10. The van der Waals surface area contributed by atoms with Crippen LogP contribution in [0, 0.1) is 0 Å². The zero-order valence-electron chi connectivity index (χ0n) is 5.83. The zero-order valence-corrected chi connectivity index (χ0v) is 7.40. The van der Waals surface area contributed by atoms with Gasteiger partial charge in [0, 0.05) is 5.75 Å². The molecule has 0 aliphatic carbocycles. The standard InChI is InChI=1S/C6H8ClN3S/c1-2-5-11-10-8-4-3-6(7)9-10/h2-4,9H,1,5H2. The molecule has 0 aromatic rings. The Kier molecular flexibility index (Phi) is 3.32. The van der Waals surface area contributed by atoms with Gasteiger partial charge in [0.15, 0.2) is 0 Å². The molecule has 1 N–H and O–H groups in total. The highest BCUT2D eigenvalue weighted by Gasteiger charge is 2.03. The number of hydrazone groups is 1. The van der Waals surface area contributed by atoms with Crippen LogP contribution in [-0.2, 0) is 0 Å². The first-order valence-electron chi connectivity index (χ1n) is 3.03. The van der Waals surface area contributed by atoms with Crippen LogP contribution in [0.1, 0.15) is 0 Å². The van der Waals surface area contributed by atoms with Crippen molar-refractivity contribution < 1.29 is 0 Å². The van der Waals surface area contributed by atoms with Crippen molar-refractivity contribution in [1.29, 1.82) is 0 Å². The first-order valence-corrected chi connectivity index (χ1v) is 4.35. The number of nitrogens with one attached hydrogen (secondary N) is 1. The number of hydrazine groups is 1. The van der Waals surface area contributed by atoms with Crippen molar-refractivity contribution in [3.63, 3.8) is 0 Å². The van der Waals surface area contributed by atoms with E-state index in [1.54, 1.807) is 22.9 Å². The average molecular weight is 190 g/mol. The van der Waals surface area contributed by atoms with E-state index < -0.39 is 0 Å². The third-order valence-corrected chi connectivity index (χ3v) is 1.93. The van der Waals surface area contributed by atoms with E-state index in [1.807, 2.05) is 0 Å². The van der Waals surface area contributed by atoms with Gasteiger partial charge in [-0.15, -0.1) is 11.1 Å². The molecular weight excluding hydrogens is 182 g/mol. The molecule has 0 saturated heterocycles. The summed E-state index contributed by atoms with van der Waals surface area (Å²) >= 11 is 7.15. The van der Waals surface area contributed by atoms with Gasteiger partial charge >= 0.3 is 0 Å². The van der Waals surface area contributed by atoms with Crippen LogP contribution in [0.5, 0.6) is 0 Å². The molecule has 0 atom stereocenters. The molecule has 0 bridgehead atoms. The average Bonchev–Trinajstić information content (AvgIpc) is 2.01. The molecule has 1 aliphatic heterocycles. The van der Waals surface area contributed by atoms with E-state index in [-0.39, 0.29) is 0 Å². The summed E-state index contributed by atoms with van der Waals surface area (Å²) in [5.41, 5.74) is 2.83. The Bertz CT molecular complexity index is 202. The molecule has 0 saturated carbocycles. The fourth-order valence-electron chi connectivity index (χ4n) is 0.506. The molecule has 3 nitrogen and oxygen atoms in total. The molecule has 1 aliphatic rings. The second-order valence-corrected chi connectivity index (χ2v) is 3.09. The van der Waals surface area contributed by atoms with E-state index in [0.717, 1.165) is 5.75 Å². The van der Waals surface area contributed by atoms with Crippen LogP contribution in [0.25, 0.3) is 0 Å². The highest BCUT2D eigenvalue weighted by Crippen LogP contribution is 2.12. The van der Waals surface area contributed by atoms with Crippen molar-refractivity contribution >= 4 is 29.8 Å². The van der Waals surface area contributed by atoms with Crippen molar-refractivity contribution in [2.45, 2.75) is 0 Å². The van der Waals surface area contributed by atoms with Crippen LogP contribution in [0.4, 0.5) is 0 Å². The summed E-state index contributed by atoms with van der Waals surface area (Å²) < 4.78 is 1.59. The maximum absolute atomic E-state index is 5.67. The SMILES string of the molecule is C=CCSN1N=CC=C(Cl)N1. The monoisotopic (exact) mass is 189 g/mol. The first kappa shape index (κ1) is 8.49. The van der Waals surface area contributed by atoms with E-state index in [1.165, 1.54) is 11.9 Å². The van der Waals surface area contributed by atoms with Gasteiger partial charge in [-0.2, -0.15) is 5.10 Å². The van der Waals surface area contributed by atoms with Gasteiger partial charge in [-0.05, 0) is 18.0 Å². The molecule has 11 heavy (non-hydrogen) atoms. The first-order chi connectivity index (χ1) is 5.33. The van der Waals surface area contributed by atoms with Crippen LogP contribution in [0.2, 0.25) is 0 Å². The van der Waals surface area contributed by atoms with Crippen LogP contribution >= 0.6 is 23.5 Å². The highest BCUT2D eigenvalue weighted by atomic mass is 35.5. The summed E-state index contributed by atoms with van der Waals surface area (Å²) in [4.78, 5) is 0. The Morgan fingerprint density at radius 2 is 2.73 bits per heavy atom. The summed E-state index contributed by atoms with van der Waals surface area (Å²) in [7, 11) is 0. The fourth-order valence-corrected chi connectivity index (χ4v) is 1.22. The molecular formula is C6H8ClN3S. The van der Waals surface area contributed by atoms with E-state index in [0.29, 0.717) is 5.16 Å². The van der Waals surface area contributed by atoms with Crippen molar-refractivity contribution in [2.24, 2.45) is 5.10 Å². The molecule has 0 spiro atoms. The fraction of sp³-hybridized carbons (Fsp3) is 0.167.